The summed E-state index contributed by atoms with van der Waals surface area (Å²) in [5.74, 6) is -0.771. The first-order valence-electron chi connectivity index (χ1n) is 10.4. The van der Waals surface area contributed by atoms with Gasteiger partial charge >= 0.3 is 12.1 Å². The molecule has 0 saturated carbocycles. The number of anilines is 1. The number of fused-ring (bicyclic) bond motifs is 2. The number of thiophene rings is 1. The number of aryl methyl sites for hydroxylation is 1. The normalized spacial score (nSPS) is 14.1. The molecule has 5 heterocycles. The van der Waals surface area contributed by atoms with Gasteiger partial charge in [0.05, 0.1) is 18.4 Å². The van der Waals surface area contributed by atoms with Crippen molar-refractivity contribution in [2.24, 2.45) is 0 Å². The Kier molecular flexibility index (Phi) is 5.72. The molecule has 0 spiro atoms. The van der Waals surface area contributed by atoms with Crippen LogP contribution in [0.2, 0.25) is 0 Å². The highest BCUT2D eigenvalue weighted by Gasteiger charge is 2.39. The topological polar surface area (TPSA) is 110 Å². The monoisotopic (exact) mass is 509 g/mol. The highest BCUT2D eigenvalue weighted by molar-refractivity contribution is 7.18. The molecule has 1 N–H and O–H groups in total. The van der Waals surface area contributed by atoms with Crippen molar-refractivity contribution in [1.82, 2.24) is 29.7 Å². The van der Waals surface area contributed by atoms with Crippen LogP contribution in [-0.4, -0.2) is 47.3 Å². The van der Waals surface area contributed by atoms with Gasteiger partial charge < -0.3 is 14.6 Å². The van der Waals surface area contributed by atoms with Crippen LogP contribution in [0.15, 0.2) is 11.4 Å². The van der Waals surface area contributed by atoms with Crippen LogP contribution in [0.3, 0.4) is 0 Å². The molecule has 178 valence electrons. The van der Waals surface area contributed by atoms with Crippen molar-refractivity contribution < 1.29 is 23.1 Å². The van der Waals surface area contributed by atoms with Gasteiger partial charge in [-0.2, -0.15) is 13.2 Å². The summed E-state index contributed by atoms with van der Waals surface area (Å²) in [4.78, 5) is 28.5. The predicted octanol–water partition coefficient (Wildman–Crippen LogP) is 4.02. The average molecular weight is 510 g/mol. The number of rotatable bonds is 6. The van der Waals surface area contributed by atoms with Gasteiger partial charge in [-0.15, -0.1) is 32.9 Å². The van der Waals surface area contributed by atoms with Crippen molar-refractivity contribution in [3.05, 3.63) is 44.5 Å². The summed E-state index contributed by atoms with van der Waals surface area (Å²) in [6.45, 7) is 2.60. The maximum Gasteiger partial charge on any atom is 0.451 e. The molecule has 0 aliphatic carbocycles. The molecule has 0 atom stereocenters. The fourth-order valence-corrected chi connectivity index (χ4v) is 5.77. The van der Waals surface area contributed by atoms with Gasteiger partial charge in [0.15, 0.2) is 11.5 Å². The van der Waals surface area contributed by atoms with Gasteiger partial charge in [-0.3, -0.25) is 0 Å². The van der Waals surface area contributed by atoms with E-state index in [1.54, 1.807) is 11.3 Å². The number of hydrogen-bond donors (Lipinski definition) is 1. The summed E-state index contributed by atoms with van der Waals surface area (Å²) in [6.07, 6.45) is -2.46. The fraction of sp³-hybridized carbons (Fsp3) is 0.400. The summed E-state index contributed by atoms with van der Waals surface area (Å²) < 4.78 is 40.8. The van der Waals surface area contributed by atoms with Gasteiger partial charge in [0.2, 0.25) is 5.82 Å². The molecule has 0 bridgehead atoms. The summed E-state index contributed by atoms with van der Waals surface area (Å²) in [5, 5.41) is 19.1. The van der Waals surface area contributed by atoms with Crippen LogP contribution in [0.1, 0.15) is 51.2 Å². The lowest BCUT2D eigenvalue weighted by Gasteiger charge is -2.29. The first-order chi connectivity index (χ1) is 16.2. The average Bonchev–Trinajstić information content (AvgIpc) is 3.50. The van der Waals surface area contributed by atoms with E-state index in [0.717, 1.165) is 32.5 Å². The minimum Gasteiger partial charge on any atom is -0.476 e. The molecule has 14 heteroatoms. The second kappa shape index (κ2) is 8.58. The van der Waals surface area contributed by atoms with Gasteiger partial charge in [-0.25, -0.2) is 19.7 Å². The van der Waals surface area contributed by atoms with E-state index < -0.39 is 18.0 Å². The molecule has 34 heavy (non-hydrogen) atoms. The number of hydrogen-bond acceptors (Lipinski definition) is 9. The maximum absolute atomic E-state index is 13.2. The fourth-order valence-electron chi connectivity index (χ4n) is 3.86. The molecular formula is C20H18F3N7O2S2. The number of carboxylic acids is 1. The van der Waals surface area contributed by atoms with E-state index >= 15 is 0 Å². The van der Waals surface area contributed by atoms with Gasteiger partial charge in [0, 0.05) is 23.3 Å². The minimum absolute atomic E-state index is 0.0292. The highest BCUT2D eigenvalue weighted by Crippen LogP contribution is 2.35. The Balaban J connectivity index is 1.52. The Labute approximate surface area is 198 Å². The molecule has 4 aromatic rings. The van der Waals surface area contributed by atoms with Crippen molar-refractivity contribution in [2.75, 3.05) is 11.4 Å². The van der Waals surface area contributed by atoms with E-state index in [1.807, 2.05) is 11.0 Å². The quantitative estimate of drug-likeness (QED) is 0.415. The molecule has 1 aliphatic rings. The number of aromatic carboxylic acids is 1. The number of carboxylic acid groups (broad SMARTS) is 1. The van der Waals surface area contributed by atoms with Crippen LogP contribution in [0.4, 0.5) is 19.0 Å². The van der Waals surface area contributed by atoms with Gasteiger partial charge in [-0.1, -0.05) is 13.3 Å². The van der Waals surface area contributed by atoms with Crippen LogP contribution in [0.25, 0.3) is 10.2 Å². The second-order valence-electron chi connectivity index (χ2n) is 7.76. The summed E-state index contributed by atoms with van der Waals surface area (Å²) >= 11 is 2.78. The summed E-state index contributed by atoms with van der Waals surface area (Å²) in [7, 11) is 0. The lowest BCUT2D eigenvalue weighted by Crippen LogP contribution is -2.36. The Morgan fingerprint density at radius 3 is 2.74 bits per heavy atom. The first-order valence-corrected chi connectivity index (χ1v) is 12.1. The molecule has 0 saturated heterocycles. The van der Waals surface area contributed by atoms with E-state index in [9.17, 15) is 18.0 Å². The number of alkyl halides is 3. The van der Waals surface area contributed by atoms with Crippen molar-refractivity contribution in [1.29, 1.82) is 0 Å². The van der Waals surface area contributed by atoms with Crippen LogP contribution in [0, 0.1) is 0 Å². The third-order valence-electron chi connectivity index (χ3n) is 5.35. The lowest BCUT2D eigenvalue weighted by molar-refractivity contribution is -0.147. The number of carbonyl (C=O) groups is 1. The summed E-state index contributed by atoms with van der Waals surface area (Å²) in [5.41, 5.74) is -0.0292. The highest BCUT2D eigenvalue weighted by atomic mass is 32.1. The molecule has 0 radical (unpaired) electrons. The largest absolute Gasteiger partial charge is 0.476 e. The van der Waals surface area contributed by atoms with Crippen molar-refractivity contribution in [2.45, 2.75) is 45.5 Å². The minimum atomic E-state index is -4.56. The van der Waals surface area contributed by atoms with Gasteiger partial charge in [-0.05, 0) is 12.5 Å². The number of nitrogens with zero attached hydrogens (tertiary/aromatic N) is 7. The standard InChI is InChI=1S/C20H18F3N7O2S2/c1-2-3-10-6-11-16(29-4-5-30-14(8-29)27-28-19(30)20(21,22)23)25-13(26-17(11)34-10)7-15-24-12(9-33-15)18(31)32/h6,9H,2-5,7-8H2,1H3,(H,31,32). The first kappa shape index (κ1) is 22.7. The van der Waals surface area contributed by atoms with E-state index in [4.69, 9.17) is 10.1 Å². The Hall–Kier alpha value is -3.13. The molecular weight excluding hydrogens is 491 g/mol. The maximum atomic E-state index is 13.2. The zero-order valence-electron chi connectivity index (χ0n) is 17.8. The van der Waals surface area contributed by atoms with Crippen molar-refractivity contribution in [3.63, 3.8) is 0 Å². The number of thiazole rings is 1. The molecule has 4 aromatic heterocycles. The Bertz CT molecular complexity index is 1380. The molecule has 0 fully saturated rings. The van der Waals surface area contributed by atoms with E-state index in [1.165, 1.54) is 16.7 Å². The third kappa shape index (κ3) is 4.22. The molecule has 0 aromatic carbocycles. The molecule has 5 rings (SSSR count). The van der Waals surface area contributed by atoms with Crippen molar-refractivity contribution in [3.8, 4) is 0 Å². The van der Waals surface area contributed by atoms with Crippen LogP contribution >= 0.6 is 22.7 Å². The smallest absolute Gasteiger partial charge is 0.451 e. The molecule has 9 nitrogen and oxygen atoms in total. The zero-order valence-corrected chi connectivity index (χ0v) is 19.5. The number of aromatic nitrogens is 6. The van der Waals surface area contributed by atoms with Gasteiger partial charge in [0.25, 0.3) is 0 Å². The van der Waals surface area contributed by atoms with Gasteiger partial charge in [0.1, 0.15) is 21.5 Å². The predicted molar refractivity (Wildman–Crippen MR) is 119 cm³/mol. The van der Waals surface area contributed by atoms with Crippen molar-refractivity contribution >= 4 is 44.7 Å². The second-order valence-corrected chi connectivity index (χ2v) is 9.82. The Morgan fingerprint density at radius 2 is 2.03 bits per heavy atom. The molecule has 0 unspecified atom stereocenters. The van der Waals surface area contributed by atoms with E-state index in [2.05, 4.69) is 27.1 Å². The van der Waals surface area contributed by atoms with Crippen LogP contribution < -0.4 is 4.90 Å². The molecule has 1 aliphatic heterocycles. The zero-order chi connectivity index (χ0) is 24.0. The molecule has 0 amide bonds. The van der Waals surface area contributed by atoms with Crippen LogP contribution in [-0.2, 0) is 32.1 Å². The van der Waals surface area contributed by atoms with E-state index in [0.29, 0.717) is 23.2 Å². The summed E-state index contributed by atoms with van der Waals surface area (Å²) in [6, 6.07) is 2.04. The Morgan fingerprint density at radius 1 is 1.21 bits per heavy atom. The number of halogens is 3. The lowest BCUT2D eigenvalue weighted by atomic mass is 10.2. The van der Waals surface area contributed by atoms with E-state index in [-0.39, 0.29) is 31.0 Å². The van der Waals surface area contributed by atoms with Crippen LogP contribution in [0.5, 0.6) is 0 Å². The SMILES string of the molecule is CCCc1cc2c(N3CCn4c(nnc4C(F)(F)F)C3)nc(Cc3nc(C(=O)O)cs3)nc2s1. The third-order valence-corrected chi connectivity index (χ3v) is 7.29.